The van der Waals surface area contributed by atoms with Crippen LogP contribution in [0.5, 0.6) is 0 Å². The predicted molar refractivity (Wildman–Crippen MR) is 82.5 cm³/mol. The second-order valence-corrected chi connectivity index (χ2v) is 6.00. The molecule has 7 nitrogen and oxygen atoms in total. The van der Waals surface area contributed by atoms with Crippen LogP contribution in [0.3, 0.4) is 0 Å². The number of nitrogens with zero attached hydrogens (tertiary/aromatic N) is 1. The van der Waals surface area contributed by atoms with Crippen molar-refractivity contribution in [1.29, 1.82) is 0 Å². The normalized spacial score (nSPS) is 16.6. The summed E-state index contributed by atoms with van der Waals surface area (Å²) in [5.74, 6) is -1.61. The Morgan fingerprint density at radius 1 is 1.23 bits per heavy atom. The highest BCUT2D eigenvalue weighted by Gasteiger charge is 2.18. The molecule has 0 aromatic heterocycles. The van der Waals surface area contributed by atoms with Crippen LogP contribution < -0.4 is 10.6 Å². The lowest BCUT2D eigenvalue weighted by Gasteiger charge is -2.23. The minimum Gasteiger partial charge on any atom is -0.481 e. The molecule has 0 bridgehead atoms. The Bertz CT molecular complexity index is 394. The summed E-state index contributed by atoms with van der Waals surface area (Å²) in [6.07, 6.45) is 5.87. The average Bonchev–Trinajstić information content (AvgIpc) is 2.47. The van der Waals surface area contributed by atoms with E-state index in [-0.39, 0.29) is 37.5 Å². The molecule has 1 rings (SSSR count). The summed E-state index contributed by atoms with van der Waals surface area (Å²) in [5, 5.41) is 14.4. The molecule has 1 saturated carbocycles. The number of rotatable bonds is 7. The zero-order valence-electron chi connectivity index (χ0n) is 13.4. The van der Waals surface area contributed by atoms with Crippen LogP contribution in [0.15, 0.2) is 0 Å². The number of hydrogen-bond donors (Lipinski definition) is 3. The first-order valence-corrected chi connectivity index (χ1v) is 7.91. The standard InChI is InChI=1S/C15H27N3O4/c1-11(14(20)21)10-18(2)15(22)16-9-8-13(19)17-12-6-4-3-5-7-12/h11-12H,3-10H2,1-2H3,(H,16,22)(H,17,19)(H,20,21). The second kappa shape index (κ2) is 9.27. The quantitative estimate of drug-likeness (QED) is 0.657. The van der Waals surface area contributed by atoms with Crippen LogP contribution in [0, 0.1) is 5.92 Å². The highest BCUT2D eigenvalue weighted by atomic mass is 16.4. The van der Waals surface area contributed by atoms with Gasteiger partial charge in [-0.05, 0) is 12.8 Å². The van der Waals surface area contributed by atoms with Gasteiger partial charge in [0, 0.05) is 32.6 Å². The van der Waals surface area contributed by atoms with E-state index in [1.165, 1.54) is 18.4 Å². The number of carbonyl (C=O) groups excluding carboxylic acids is 2. The van der Waals surface area contributed by atoms with Crippen molar-refractivity contribution in [2.24, 2.45) is 5.92 Å². The highest BCUT2D eigenvalue weighted by Crippen LogP contribution is 2.17. The molecule has 1 unspecified atom stereocenters. The van der Waals surface area contributed by atoms with Crippen LogP contribution in [0.2, 0.25) is 0 Å². The van der Waals surface area contributed by atoms with Crippen molar-refractivity contribution in [2.75, 3.05) is 20.1 Å². The number of hydrogen-bond acceptors (Lipinski definition) is 3. The van der Waals surface area contributed by atoms with Crippen molar-refractivity contribution in [3.8, 4) is 0 Å². The van der Waals surface area contributed by atoms with Crippen molar-refractivity contribution >= 4 is 17.9 Å². The summed E-state index contributed by atoms with van der Waals surface area (Å²) in [6, 6.07) is -0.0883. The third-order valence-corrected chi connectivity index (χ3v) is 3.91. The van der Waals surface area contributed by atoms with Crippen LogP contribution in [0.25, 0.3) is 0 Å². The van der Waals surface area contributed by atoms with Gasteiger partial charge in [-0.3, -0.25) is 9.59 Å². The maximum absolute atomic E-state index is 11.8. The van der Waals surface area contributed by atoms with Crippen LogP contribution in [0.4, 0.5) is 4.79 Å². The van der Waals surface area contributed by atoms with Crippen molar-refractivity contribution in [3.63, 3.8) is 0 Å². The number of nitrogens with one attached hydrogen (secondary N) is 2. The van der Waals surface area contributed by atoms with Crippen molar-refractivity contribution in [2.45, 2.75) is 51.5 Å². The minimum atomic E-state index is -0.938. The van der Waals surface area contributed by atoms with Gasteiger partial charge in [-0.1, -0.05) is 26.2 Å². The van der Waals surface area contributed by atoms with E-state index in [1.54, 1.807) is 6.92 Å². The molecule has 3 amide bonds. The molecule has 1 aliphatic rings. The molecule has 126 valence electrons. The molecular formula is C15H27N3O4. The fraction of sp³-hybridized carbons (Fsp3) is 0.800. The maximum Gasteiger partial charge on any atom is 0.317 e. The number of aliphatic carboxylic acids is 1. The minimum absolute atomic E-state index is 0.0474. The van der Waals surface area contributed by atoms with Gasteiger partial charge in [0.2, 0.25) is 5.91 Å². The second-order valence-electron chi connectivity index (χ2n) is 6.00. The van der Waals surface area contributed by atoms with E-state index in [2.05, 4.69) is 10.6 Å². The number of urea groups is 1. The Morgan fingerprint density at radius 2 is 1.86 bits per heavy atom. The van der Waals surface area contributed by atoms with Crippen LogP contribution in [0.1, 0.15) is 45.4 Å². The van der Waals surface area contributed by atoms with E-state index in [1.807, 2.05) is 0 Å². The lowest BCUT2D eigenvalue weighted by molar-refractivity contribution is -0.141. The summed E-state index contributed by atoms with van der Waals surface area (Å²) in [5.41, 5.74) is 0. The molecule has 0 aliphatic heterocycles. The fourth-order valence-corrected chi connectivity index (χ4v) is 2.54. The molecule has 0 spiro atoms. The van der Waals surface area contributed by atoms with E-state index in [0.29, 0.717) is 0 Å². The largest absolute Gasteiger partial charge is 0.481 e. The third-order valence-electron chi connectivity index (χ3n) is 3.91. The van der Waals surface area contributed by atoms with Gasteiger partial charge >= 0.3 is 12.0 Å². The molecule has 0 radical (unpaired) electrons. The fourth-order valence-electron chi connectivity index (χ4n) is 2.54. The third kappa shape index (κ3) is 6.78. The lowest BCUT2D eigenvalue weighted by Crippen LogP contribution is -2.43. The Labute approximate surface area is 131 Å². The molecule has 0 aromatic rings. The molecule has 1 aliphatic carbocycles. The van der Waals surface area contributed by atoms with Crippen molar-refractivity contribution in [1.82, 2.24) is 15.5 Å². The number of carboxylic acids is 1. The Morgan fingerprint density at radius 3 is 2.45 bits per heavy atom. The smallest absolute Gasteiger partial charge is 0.317 e. The molecule has 3 N–H and O–H groups in total. The Kier molecular flexibility index (Phi) is 7.70. The Hall–Kier alpha value is -1.79. The highest BCUT2D eigenvalue weighted by molar-refractivity contribution is 5.78. The summed E-state index contributed by atoms with van der Waals surface area (Å²) in [7, 11) is 1.54. The van der Waals surface area contributed by atoms with E-state index >= 15 is 0 Å². The molecule has 1 atom stereocenters. The van der Waals surface area contributed by atoms with E-state index in [0.717, 1.165) is 25.7 Å². The molecule has 0 aromatic carbocycles. The van der Waals surface area contributed by atoms with E-state index in [9.17, 15) is 14.4 Å². The van der Waals surface area contributed by atoms with Gasteiger partial charge in [-0.25, -0.2) is 4.79 Å². The number of carboxylic acid groups (broad SMARTS) is 1. The SMILES string of the molecule is CC(CN(C)C(=O)NCCC(=O)NC1CCCCC1)C(=O)O. The summed E-state index contributed by atoms with van der Waals surface area (Å²) in [4.78, 5) is 35.6. The molecular weight excluding hydrogens is 286 g/mol. The Balaban J connectivity index is 2.17. The molecule has 7 heteroatoms. The van der Waals surface area contributed by atoms with Gasteiger partial charge in [0.1, 0.15) is 0 Å². The van der Waals surface area contributed by atoms with Gasteiger partial charge in [0.05, 0.1) is 5.92 Å². The van der Waals surface area contributed by atoms with Gasteiger partial charge in [-0.2, -0.15) is 0 Å². The topological polar surface area (TPSA) is 98.7 Å². The van der Waals surface area contributed by atoms with E-state index < -0.39 is 11.9 Å². The van der Waals surface area contributed by atoms with Crippen LogP contribution in [-0.4, -0.2) is 54.1 Å². The first-order valence-electron chi connectivity index (χ1n) is 7.91. The zero-order chi connectivity index (χ0) is 16.5. The van der Waals surface area contributed by atoms with Gasteiger partial charge < -0.3 is 20.6 Å². The molecule has 0 saturated heterocycles. The van der Waals surface area contributed by atoms with Crippen LogP contribution >= 0.6 is 0 Å². The average molecular weight is 313 g/mol. The first-order chi connectivity index (χ1) is 10.4. The van der Waals surface area contributed by atoms with Gasteiger partial charge in [0.15, 0.2) is 0 Å². The maximum atomic E-state index is 11.8. The summed E-state index contributed by atoms with van der Waals surface area (Å²) >= 11 is 0. The molecule has 22 heavy (non-hydrogen) atoms. The molecule has 0 heterocycles. The predicted octanol–water partition coefficient (Wildman–Crippen LogP) is 1.19. The molecule has 1 fully saturated rings. The number of carbonyl (C=O) groups is 3. The first kappa shape index (κ1) is 18.3. The zero-order valence-corrected chi connectivity index (χ0v) is 13.4. The van der Waals surface area contributed by atoms with Gasteiger partial charge in [-0.15, -0.1) is 0 Å². The van der Waals surface area contributed by atoms with Crippen molar-refractivity contribution < 1.29 is 19.5 Å². The summed E-state index contributed by atoms with van der Waals surface area (Å²) in [6.45, 7) is 1.93. The van der Waals surface area contributed by atoms with Gasteiger partial charge in [0.25, 0.3) is 0 Å². The van der Waals surface area contributed by atoms with Crippen LogP contribution in [-0.2, 0) is 9.59 Å². The summed E-state index contributed by atoms with van der Waals surface area (Å²) < 4.78 is 0. The van der Waals surface area contributed by atoms with E-state index in [4.69, 9.17) is 5.11 Å². The lowest BCUT2D eigenvalue weighted by atomic mass is 9.95. The van der Waals surface area contributed by atoms with Crippen molar-refractivity contribution in [3.05, 3.63) is 0 Å². The number of amides is 3. The monoisotopic (exact) mass is 313 g/mol.